The first kappa shape index (κ1) is 21.7. The third-order valence-corrected chi connectivity index (χ3v) is 5.19. The molecule has 0 aliphatic rings. The van der Waals surface area contributed by atoms with Gasteiger partial charge in [0, 0.05) is 17.2 Å². The van der Waals surface area contributed by atoms with Crippen molar-refractivity contribution in [1.82, 2.24) is 9.97 Å². The van der Waals surface area contributed by atoms with Crippen molar-refractivity contribution in [3.8, 4) is 56.9 Å². The van der Waals surface area contributed by atoms with Gasteiger partial charge in [0.15, 0.2) is 11.5 Å². The van der Waals surface area contributed by atoms with Gasteiger partial charge in [-0.2, -0.15) is 0 Å². The number of methoxy groups -OCH3 is 3. The molecule has 0 saturated heterocycles. The lowest BCUT2D eigenvalue weighted by Crippen LogP contribution is -1.95. The molecule has 0 radical (unpaired) electrons. The van der Waals surface area contributed by atoms with E-state index in [1.807, 2.05) is 48.5 Å². The highest BCUT2D eigenvalue weighted by Crippen LogP contribution is 2.41. The highest BCUT2D eigenvalue weighted by Gasteiger charge is 2.24. The van der Waals surface area contributed by atoms with Crippen LogP contribution in [0.2, 0.25) is 0 Å². The zero-order valence-electron chi connectivity index (χ0n) is 18.2. The molecule has 1 heterocycles. The van der Waals surface area contributed by atoms with Crippen LogP contribution in [0.4, 0.5) is 5.69 Å². The van der Waals surface area contributed by atoms with Crippen LogP contribution in [0, 0.1) is 10.1 Å². The lowest BCUT2D eigenvalue weighted by Gasteiger charge is -2.06. The number of imidazole rings is 1. The molecule has 3 aromatic carbocycles. The first-order chi connectivity index (χ1) is 15.9. The van der Waals surface area contributed by atoms with Crippen LogP contribution >= 0.6 is 0 Å². The number of aromatic hydroxyl groups is 1. The van der Waals surface area contributed by atoms with E-state index in [2.05, 4.69) is 4.98 Å². The molecule has 2 N–H and O–H groups in total. The Hall–Kier alpha value is -4.53. The molecule has 0 aliphatic heterocycles. The van der Waals surface area contributed by atoms with E-state index in [0.717, 1.165) is 17.2 Å². The standard InChI is InChI=1S/C24H21N3O6/c1-31-16-8-4-14(5-9-16)22-23(15-6-10-17(32-2)11-7-15)26-24(25-22)18-12-21(33-3)20(28)13-19(18)27(29)30/h4-13,28H,1-3H3,(H,25,26). The van der Waals surface area contributed by atoms with Gasteiger partial charge in [-0.15, -0.1) is 0 Å². The van der Waals surface area contributed by atoms with Gasteiger partial charge in [0.05, 0.1) is 49.3 Å². The number of H-pyrrole nitrogens is 1. The fourth-order valence-electron chi connectivity index (χ4n) is 3.49. The summed E-state index contributed by atoms with van der Waals surface area (Å²) in [4.78, 5) is 19.1. The van der Waals surface area contributed by atoms with Gasteiger partial charge in [-0.3, -0.25) is 10.1 Å². The maximum atomic E-state index is 11.7. The third kappa shape index (κ3) is 4.16. The summed E-state index contributed by atoms with van der Waals surface area (Å²) in [7, 11) is 4.55. The summed E-state index contributed by atoms with van der Waals surface area (Å²) in [6.45, 7) is 0. The van der Waals surface area contributed by atoms with E-state index in [4.69, 9.17) is 19.2 Å². The van der Waals surface area contributed by atoms with Crippen molar-refractivity contribution >= 4 is 5.69 Å². The summed E-state index contributed by atoms with van der Waals surface area (Å²) in [6, 6.07) is 17.2. The van der Waals surface area contributed by atoms with Gasteiger partial charge in [-0.25, -0.2) is 4.98 Å². The summed E-state index contributed by atoms with van der Waals surface area (Å²) in [5.74, 6) is 1.42. The first-order valence-corrected chi connectivity index (χ1v) is 9.89. The van der Waals surface area contributed by atoms with Gasteiger partial charge in [-0.05, 0) is 48.5 Å². The van der Waals surface area contributed by atoms with Crippen molar-refractivity contribution in [1.29, 1.82) is 0 Å². The number of aromatic amines is 1. The fourth-order valence-corrected chi connectivity index (χ4v) is 3.49. The number of nitrogens with one attached hydrogen (secondary N) is 1. The number of hydrogen-bond acceptors (Lipinski definition) is 7. The number of aromatic nitrogens is 2. The molecule has 0 saturated carbocycles. The average Bonchev–Trinajstić information content (AvgIpc) is 3.29. The van der Waals surface area contributed by atoms with Gasteiger partial charge in [-0.1, -0.05) is 0 Å². The Balaban J connectivity index is 1.94. The smallest absolute Gasteiger partial charge is 0.284 e. The zero-order chi connectivity index (χ0) is 23.5. The second-order valence-corrected chi connectivity index (χ2v) is 7.06. The quantitative estimate of drug-likeness (QED) is 0.300. The molecule has 0 atom stereocenters. The van der Waals surface area contributed by atoms with Crippen LogP contribution in [-0.2, 0) is 0 Å². The second-order valence-electron chi connectivity index (χ2n) is 7.06. The van der Waals surface area contributed by atoms with Crippen LogP contribution in [0.15, 0.2) is 60.7 Å². The van der Waals surface area contributed by atoms with Crippen molar-refractivity contribution in [2.24, 2.45) is 0 Å². The SMILES string of the molecule is COc1ccc(-c2nc(-c3cc(OC)c(O)cc3[N+](=O)[O-])[nH]c2-c2ccc(OC)cc2)cc1. The third-order valence-electron chi connectivity index (χ3n) is 5.19. The number of hydrogen-bond donors (Lipinski definition) is 2. The number of phenols is 1. The van der Waals surface area contributed by atoms with Crippen molar-refractivity contribution in [3.63, 3.8) is 0 Å². The van der Waals surface area contributed by atoms with E-state index in [9.17, 15) is 15.2 Å². The topological polar surface area (TPSA) is 120 Å². The summed E-state index contributed by atoms with van der Waals surface area (Å²) in [5, 5.41) is 21.7. The molecule has 1 aromatic heterocycles. The molecule has 9 nitrogen and oxygen atoms in total. The van der Waals surface area contributed by atoms with Gasteiger partial charge >= 0.3 is 0 Å². The Kier molecular flexibility index (Phi) is 5.86. The van der Waals surface area contributed by atoms with Crippen molar-refractivity contribution < 1.29 is 24.2 Å². The molecule has 4 rings (SSSR count). The number of nitro benzene ring substituents is 1. The van der Waals surface area contributed by atoms with Crippen LogP contribution in [-0.4, -0.2) is 41.3 Å². The lowest BCUT2D eigenvalue weighted by molar-refractivity contribution is -0.384. The lowest BCUT2D eigenvalue weighted by atomic mass is 10.0. The summed E-state index contributed by atoms with van der Waals surface area (Å²) < 4.78 is 15.6. The molecule has 4 aromatic rings. The number of ether oxygens (including phenoxy) is 3. The molecule has 0 amide bonds. The van der Waals surface area contributed by atoms with Crippen LogP contribution in [0.3, 0.4) is 0 Å². The van der Waals surface area contributed by atoms with E-state index in [0.29, 0.717) is 22.9 Å². The predicted octanol–water partition coefficient (Wildman–Crippen LogP) is 5.05. The number of rotatable bonds is 7. The molecule has 9 heteroatoms. The Bertz CT molecular complexity index is 1230. The monoisotopic (exact) mass is 447 g/mol. The van der Waals surface area contributed by atoms with Gasteiger partial charge < -0.3 is 24.3 Å². The van der Waals surface area contributed by atoms with Crippen molar-refractivity contribution in [2.75, 3.05) is 21.3 Å². The largest absolute Gasteiger partial charge is 0.504 e. The van der Waals surface area contributed by atoms with Crippen LogP contribution in [0.5, 0.6) is 23.0 Å². The van der Waals surface area contributed by atoms with E-state index in [-0.39, 0.29) is 28.6 Å². The van der Waals surface area contributed by atoms with E-state index in [1.54, 1.807) is 14.2 Å². The van der Waals surface area contributed by atoms with Gasteiger partial charge in [0.1, 0.15) is 17.3 Å². The predicted molar refractivity (Wildman–Crippen MR) is 123 cm³/mol. The van der Waals surface area contributed by atoms with Crippen LogP contribution in [0.25, 0.3) is 33.9 Å². The van der Waals surface area contributed by atoms with Gasteiger partial charge in [0.2, 0.25) is 0 Å². The Morgan fingerprint density at radius 1 is 0.879 bits per heavy atom. The van der Waals surface area contributed by atoms with Gasteiger partial charge in [0.25, 0.3) is 5.69 Å². The highest BCUT2D eigenvalue weighted by molar-refractivity contribution is 5.83. The normalized spacial score (nSPS) is 10.6. The Morgan fingerprint density at radius 2 is 1.45 bits per heavy atom. The number of nitrogens with zero attached hydrogens (tertiary/aromatic N) is 2. The molecule has 168 valence electrons. The molecule has 0 fully saturated rings. The Morgan fingerprint density at radius 3 is 1.97 bits per heavy atom. The molecule has 0 aliphatic carbocycles. The molecule has 0 spiro atoms. The Labute approximate surface area is 189 Å². The minimum Gasteiger partial charge on any atom is -0.504 e. The summed E-state index contributed by atoms with van der Waals surface area (Å²) in [6.07, 6.45) is 0. The van der Waals surface area contributed by atoms with Crippen LogP contribution < -0.4 is 14.2 Å². The minimum atomic E-state index is -0.572. The maximum absolute atomic E-state index is 11.7. The molecule has 0 bridgehead atoms. The summed E-state index contributed by atoms with van der Waals surface area (Å²) in [5.41, 5.74) is 2.75. The minimum absolute atomic E-state index is 0.101. The average molecular weight is 447 g/mol. The number of benzene rings is 3. The van der Waals surface area contributed by atoms with E-state index < -0.39 is 4.92 Å². The maximum Gasteiger partial charge on any atom is 0.284 e. The molecular weight excluding hydrogens is 426 g/mol. The molecular formula is C24H21N3O6. The second kappa shape index (κ2) is 8.91. The fraction of sp³-hybridized carbons (Fsp3) is 0.125. The molecule has 0 unspecified atom stereocenters. The van der Waals surface area contributed by atoms with E-state index in [1.165, 1.54) is 13.2 Å². The van der Waals surface area contributed by atoms with Crippen LogP contribution in [0.1, 0.15) is 0 Å². The first-order valence-electron chi connectivity index (χ1n) is 9.89. The van der Waals surface area contributed by atoms with Crippen molar-refractivity contribution in [2.45, 2.75) is 0 Å². The highest BCUT2D eigenvalue weighted by atomic mass is 16.6. The number of phenolic OH excluding ortho intramolecular Hbond substituents is 1. The summed E-state index contributed by atoms with van der Waals surface area (Å²) >= 11 is 0. The molecule has 33 heavy (non-hydrogen) atoms. The number of nitro groups is 1. The van der Waals surface area contributed by atoms with E-state index >= 15 is 0 Å². The van der Waals surface area contributed by atoms with Crippen molar-refractivity contribution in [3.05, 3.63) is 70.8 Å². The zero-order valence-corrected chi connectivity index (χ0v) is 18.2.